The molecule has 14 atom stereocenters. The Balaban J connectivity index is 0.866. The van der Waals surface area contributed by atoms with Crippen LogP contribution in [0.25, 0.3) is 0 Å². The Hall–Kier alpha value is -11.5. The van der Waals surface area contributed by atoms with Gasteiger partial charge in [-0.2, -0.15) is 5.26 Å². The molecule has 4 unspecified atom stereocenters. The van der Waals surface area contributed by atoms with E-state index in [-0.39, 0.29) is 96.9 Å². The van der Waals surface area contributed by atoms with E-state index in [0.29, 0.717) is 62.7 Å². The van der Waals surface area contributed by atoms with E-state index in [4.69, 9.17) is 84.8 Å². The van der Waals surface area contributed by atoms with E-state index in [2.05, 4.69) is 38.0 Å². The fourth-order valence-corrected chi connectivity index (χ4v) is 16.9. The molecule has 2 aliphatic heterocycles. The molecule has 37 heteroatoms. The zero-order valence-electron chi connectivity index (χ0n) is 76.6. The molecule has 6 aromatic carbocycles. The van der Waals surface area contributed by atoms with E-state index in [1.54, 1.807) is 83.9 Å². The molecule has 2 fully saturated rings. The summed E-state index contributed by atoms with van der Waals surface area (Å²) in [7, 11) is 4.23. The van der Waals surface area contributed by atoms with Gasteiger partial charge in [0.1, 0.15) is 84.1 Å². The van der Waals surface area contributed by atoms with Crippen LogP contribution in [0, 0.1) is 11.3 Å². The highest BCUT2D eigenvalue weighted by Gasteiger charge is 2.55. The number of nitrogens with one attached hydrogen (secondary N) is 6. The van der Waals surface area contributed by atoms with Crippen LogP contribution >= 0.6 is 8.53 Å². The van der Waals surface area contributed by atoms with Gasteiger partial charge < -0.3 is 122 Å². The van der Waals surface area contributed by atoms with Crippen molar-refractivity contribution < 1.29 is 133 Å². The minimum absolute atomic E-state index is 0.0177. The van der Waals surface area contributed by atoms with E-state index >= 15 is 0 Å². The van der Waals surface area contributed by atoms with Gasteiger partial charge in [0.05, 0.1) is 80.0 Å². The molecule has 0 bridgehead atoms. The van der Waals surface area contributed by atoms with Crippen LogP contribution in [0.1, 0.15) is 142 Å². The molecule has 2 aliphatic rings. The summed E-state index contributed by atoms with van der Waals surface area (Å²) in [5, 5.41) is 26.2. The lowest BCUT2D eigenvalue weighted by Gasteiger charge is -2.46. The second-order valence-corrected chi connectivity index (χ2v) is 32.8. The number of rotatable bonds is 52. The van der Waals surface area contributed by atoms with Gasteiger partial charge in [0.25, 0.3) is 8.53 Å². The number of benzene rings is 6. The maximum atomic E-state index is 13.6. The zero-order valence-corrected chi connectivity index (χ0v) is 77.5. The average molecular weight is 1840 g/mol. The SMILES string of the molecule is COc1ccc(C(OC[C@H]2O[C@@H](OCCCNC(=O)CC(C)NC(=O)OCC(COC(=O)NCCC(C=O)NCCCO[C@@H]3O[C@H](COC(c4ccccc4)(c4ccc(OC)cc4)c4ccc(OC)cc4)[C@H](OC(C)=O)[C@H](OC(C)=O)[C@H]3NC(C)=O)OP(OCCC#N)N(C(C)C)C(C)C)[C@H](NC(C)=O)[C@@H](OC(C)=O)[C@H]2OC(C)=O)(c2ccccc2)c2ccc(OC)cc2)cc1. The second-order valence-electron chi connectivity index (χ2n) is 31.4. The first-order chi connectivity index (χ1) is 62.9. The summed E-state index contributed by atoms with van der Waals surface area (Å²) in [5.41, 5.74) is 1.30. The van der Waals surface area contributed by atoms with Crippen molar-refractivity contribution in [2.75, 3.05) is 94.3 Å². The number of amides is 5. The number of nitrogens with zero attached hydrogens (tertiary/aromatic N) is 2. The number of alkyl carbamates (subject to hydrolysis) is 2. The zero-order chi connectivity index (χ0) is 95.2. The lowest BCUT2D eigenvalue weighted by atomic mass is 9.80. The molecule has 131 heavy (non-hydrogen) atoms. The van der Waals surface area contributed by atoms with Crippen LogP contribution in [0.5, 0.6) is 23.0 Å². The van der Waals surface area contributed by atoms with Gasteiger partial charge in [0, 0.05) is 79.2 Å². The number of methoxy groups -OCH3 is 4. The topological polar surface area (TPSA) is 436 Å². The smallest absolute Gasteiger partial charge is 0.407 e. The van der Waals surface area contributed by atoms with Gasteiger partial charge >= 0.3 is 36.1 Å². The molecule has 2 saturated heterocycles. The number of esters is 4. The maximum Gasteiger partial charge on any atom is 0.407 e. The van der Waals surface area contributed by atoms with Crippen molar-refractivity contribution in [1.82, 2.24) is 36.6 Å². The molecule has 712 valence electrons. The van der Waals surface area contributed by atoms with E-state index < -0.39 is 166 Å². The Morgan fingerprint density at radius 1 is 0.489 bits per heavy atom. The quantitative estimate of drug-likeness (QED) is 0.00516. The summed E-state index contributed by atoms with van der Waals surface area (Å²) >= 11 is 0. The molecule has 0 saturated carbocycles. The number of carbonyl (C=O) groups is 10. The fourth-order valence-electron chi connectivity index (χ4n) is 15.2. The predicted molar refractivity (Wildman–Crippen MR) is 476 cm³/mol. The molecule has 36 nitrogen and oxygen atoms in total. The Morgan fingerprint density at radius 2 is 0.870 bits per heavy atom. The highest BCUT2D eigenvalue weighted by molar-refractivity contribution is 7.44. The van der Waals surface area contributed by atoms with Crippen LogP contribution in [-0.4, -0.2) is 251 Å². The first kappa shape index (κ1) is 105. The number of ether oxygens (including phenoxy) is 16. The standard InChI is InChI=1S/C94H123N8O28P/c1-59(2)102(60(3)4)131(123-52-22-46-95)130-79(55-119-91(111)98-49-45-74(54-103)96-47-23-50-117-89-83(100-62(6)104)87(126-66(10)108)85(124-64(8)106)80(128-89)57-121-93(68-25-18-16-19-26-68,70-29-37-75(113-12)38-30-70)71-31-39-76(114-13)40-32-71)56-120-92(112)99-61(5)53-82(110)97-48-24-51-118-90-84(101-63(7)105)88(127-67(11)109)86(125-65(9)107)81(129-90)58-122-94(69-27-20-17-21-28-69,72-33-41-77(115-14)42-34-72)73-35-43-78(116-15)44-36-73/h16-21,25-44,54,59-61,74,79-81,83-90,96H,22-24,45,47-53,55-58H2,1-15H3,(H,97,110)(H,98,111)(H,99,112)(H,100,104)(H,101,105)/t61?,74?,79?,80-,81-,83-,84-,85+,86+,87-,88-,89-,90-,131?/m1/s1. The van der Waals surface area contributed by atoms with Gasteiger partial charge in [-0.3, -0.25) is 33.6 Å². The van der Waals surface area contributed by atoms with Crippen molar-refractivity contribution in [2.24, 2.45) is 0 Å². The predicted octanol–water partition coefficient (Wildman–Crippen LogP) is 9.59. The molecule has 6 aromatic rings. The summed E-state index contributed by atoms with van der Waals surface area (Å²) in [4.78, 5) is 131. The molecule has 8 rings (SSSR count). The number of carbonyl (C=O) groups excluding carboxylic acids is 10. The molecular weight excluding hydrogens is 1720 g/mol. The van der Waals surface area contributed by atoms with Crippen molar-refractivity contribution in [3.8, 4) is 29.1 Å². The Labute approximate surface area is 765 Å². The first-order valence-electron chi connectivity index (χ1n) is 43.2. The van der Waals surface area contributed by atoms with E-state index in [9.17, 15) is 53.2 Å². The molecule has 5 amide bonds. The summed E-state index contributed by atoms with van der Waals surface area (Å²) < 4.78 is 112. The summed E-state index contributed by atoms with van der Waals surface area (Å²) in [5.74, 6) is -2.27. The van der Waals surface area contributed by atoms with Crippen molar-refractivity contribution in [1.29, 1.82) is 5.26 Å². The molecule has 0 spiro atoms. The van der Waals surface area contributed by atoms with Crippen LogP contribution in [0.3, 0.4) is 0 Å². The van der Waals surface area contributed by atoms with Gasteiger partial charge in [-0.25, -0.2) is 14.3 Å². The number of nitriles is 1. The van der Waals surface area contributed by atoms with Crippen molar-refractivity contribution in [3.63, 3.8) is 0 Å². The highest BCUT2D eigenvalue weighted by Crippen LogP contribution is 2.49. The van der Waals surface area contributed by atoms with Crippen LogP contribution in [0.15, 0.2) is 158 Å². The third-order valence-electron chi connectivity index (χ3n) is 20.9. The Morgan fingerprint density at radius 3 is 1.24 bits per heavy atom. The molecular formula is C94H123N8O28P. The summed E-state index contributed by atoms with van der Waals surface area (Å²) in [6.07, 6.45) is -12.7. The summed E-state index contributed by atoms with van der Waals surface area (Å²) in [6.45, 7) is 14.8. The molecule has 0 aromatic heterocycles. The lowest BCUT2D eigenvalue weighted by molar-refractivity contribution is -0.282. The van der Waals surface area contributed by atoms with Crippen LogP contribution in [0.2, 0.25) is 0 Å². The number of hydrogen-bond donors (Lipinski definition) is 6. The largest absolute Gasteiger partial charge is 0.497 e. The normalized spacial score (nSPS) is 19.3. The van der Waals surface area contributed by atoms with E-state index in [1.165, 1.54) is 41.5 Å². The van der Waals surface area contributed by atoms with Gasteiger partial charge in [-0.1, -0.05) is 109 Å². The van der Waals surface area contributed by atoms with Gasteiger partial charge in [-0.15, -0.1) is 0 Å². The Kier molecular flexibility index (Phi) is 42.6. The highest BCUT2D eigenvalue weighted by atomic mass is 31.2. The summed E-state index contributed by atoms with van der Waals surface area (Å²) in [6, 6.07) is 45.7. The monoisotopic (exact) mass is 1840 g/mol. The molecule has 2 heterocycles. The van der Waals surface area contributed by atoms with Gasteiger partial charge in [-0.05, 0) is 142 Å². The fraction of sp³-hybridized carbons (Fsp3) is 0.500. The average Bonchev–Trinajstić information content (AvgIpc) is 0.751. The van der Waals surface area contributed by atoms with E-state index in [1.807, 2.05) is 142 Å². The second kappa shape index (κ2) is 53.1. The Bertz CT molecular complexity index is 4530. The van der Waals surface area contributed by atoms with Crippen molar-refractivity contribution in [2.45, 2.75) is 211 Å². The minimum atomic E-state index is -1.99. The third-order valence-corrected chi connectivity index (χ3v) is 23.1. The molecule has 0 aliphatic carbocycles. The lowest BCUT2D eigenvalue weighted by Crippen LogP contribution is -2.66. The number of aldehydes is 1. The van der Waals surface area contributed by atoms with Crippen molar-refractivity contribution >= 4 is 68.6 Å². The van der Waals surface area contributed by atoms with Crippen molar-refractivity contribution in [3.05, 3.63) is 191 Å². The van der Waals surface area contributed by atoms with Crippen LogP contribution in [-0.2, 0) is 115 Å². The van der Waals surface area contributed by atoms with Crippen LogP contribution < -0.4 is 50.8 Å². The third kappa shape index (κ3) is 31.1. The maximum absolute atomic E-state index is 13.6. The van der Waals surface area contributed by atoms with Gasteiger partial charge in [0.2, 0.25) is 17.7 Å². The first-order valence-corrected chi connectivity index (χ1v) is 44.3. The molecule has 6 N–H and O–H groups in total. The van der Waals surface area contributed by atoms with Crippen LogP contribution in [0.4, 0.5) is 9.59 Å². The molecule has 0 radical (unpaired) electrons. The number of hydrogen-bond acceptors (Lipinski definition) is 31. The minimum Gasteiger partial charge on any atom is -0.497 e. The van der Waals surface area contributed by atoms with Gasteiger partial charge in [0.15, 0.2) is 37.0 Å². The van der Waals surface area contributed by atoms with E-state index in [0.717, 1.165) is 0 Å².